The smallest absolute Gasteiger partial charge is 0.350 e. The summed E-state index contributed by atoms with van der Waals surface area (Å²) in [5.41, 5.74) is 2.34. The van der Waals surface area contributed by atoms with Gasteiger partial charge in [0.15, 0.2) is 5.11 Å². The Balaban J connectivity index is 1.53. The Bertz CT molecular complexity index is 1820. The third kappa shape index (κ3) is 5.55. The Morgan fingerprint density at radius 1 is 1.08 bits per heavy atom. The van der Waals surface area contributed by atoms with Gasteiger partial charge in [0.2, 0.25) is 11.8 Å². The number of fused-ring (bicyclic) bond motifs is 1. The number of nitro groups is 1. The van der Waals surface area contributed by atoms with Gasteiger partial charge in [-0.3, -0.25) is 0 Å². The predicted molar refractivity (Wildman–Crippen MR) is 147 cm³/mol. The van der Waals surface area contributed by atoms with E-state index in [4.69, 9.17) is 21.4 Å². The zero-order valence-electron chi connectivity index (χ0n) is 20.8. The van der Waals surface area contributed by atoms with Crippen LogP contribution in [0.2, 0.25) is 0 Å². The second-order valence-electron chi connectivity index (χ2n) is 8.45. The molecule has 0 atom stereocenters. The van der Waals surface area contributed by atoms with E-state index < -0.39 is 10.5 Å². The molecule has 0 radical (unpaired) electrons. The van der Waals surface area contributed by atoms with Gasteiger partial charge >= 0.3 is 23.4 Å². The second kappa shape index (κ2) is 10.3. The first-order chi connectivity index (χ1) is 18.7. The van der Waals surface area contributed by atoms with E-state index in [1.165, 1.54) is 12.1 Å². The lowest BCUT2D eigenvalue weighted by Gasteiger charge is -2.12. The van der Waals surface area contributed by atoms with Gasteiger partial charge in [0.25, 0.3) is 0 Å². The van der Waals surface area contributed by atoms with Crippen LogP contribution in [0.25, 0.3) is 16.9 Å². The van der Waals surface area contributed by atoms with Crippen LogP contribution in [-0.2, 0) is 0 Å². The van der Waals surface area contributed by atoms with Crippen molar-refractivity contribution >= 4 is 45.8 Å². The summed E-state index contributed by atoms with van der Waals surface area (Å²) in [7, 11) is 0. The zero-order chi connectivity index (χ0) is 27.7. The average molecular weight is 545 g/mol. The van der Waals surface area contributed by atoms with E-state index in [9.17, 15) is 14.9 Å². The van der Waals surface area contributed by atoms with E-state index >= 15 is 0 Å². The number of hydrogen-bond acceptors (Lipinski definition) is 10. The van der Waals surface area contributed by atoms with Crippen molar-refractivity contribution in [1.29, 1.82) is 0 Å². The molecule has 0 saturated carbocycles. The molecule has 13 nitrogen and oxygen atoms in total. The Labute approximate surface area is 225 Å². The number of nitrogens with zero attached hydrogens (tertiary/aromatic N) is 6. The molecule has 0 fully saturated rings. The molecule has 0 spiro atoms. The van der Waals surface area contributed by atoms with Gasteiger partial charge in [-0.25, -0.2) is 9.78 Å². The van der Waals surface area contributed by atoms with Crippen molar-refractivity contribution in [2.45, 2.75) is 20.8 Å². The number of aromatic nitrogens is 5. The van der Waals surface area contributed by atoms with Gasteiger partial charge < -0.3 is 29.9 Å². The Morgan fingerprint density at radius 2 is 1.90 bits per heavy atom. The molecule has 39 heavy (non-hydrogen) atoms. The summed E-state index contributed by atoms with van der Waals surface area (Å²) in [6.45, 7) is 5.31. The molecule has 0 bridgehead atoms. The molecular weight excluding hydrogens is 524 g/mol. The summed E-state index contributed by atoms with van der Waals surface area (Å²) >= 11 is 5.42. The third-order valence-corrected chi connectivity index (χ3v) is 5.75. The summed E-state index contributed by atoms with van der Waals surface area (Å²) in [6, 6.07) is 13.7. The van der Waals surface area contributed by atoms with Gasteiger partial charge in [-0.05, 0) is 66.4 Å². The van der Waals surface area contributed by atoms with Crippen molar-refractivity contribution in [2.24, 2.45) is 0 Å². The molecule has 0 amide bonds. The number of anilines is 2. The van der Waals surface area contributed by atoms with E-state index in [0.717, 1.165) is 33.0 Å². The van der Waals surface area contributed by atoms with Crippen molar-refractivity contribution < 1.29 is 14.1 Å². The highest BCUT2D eigenvalue weighted by Crippen LogP contribution is 2.27. The van der Waals surface area contributed by atoms with Crippen LogP contribution in [0.3, 0.4) is 0 Å². The van der Waals surface area contributed by atoms with Gasteiger partial charge in [-0.2, -0.15) is 9.97 Å². The zero-order valence-corrected chi connectivity index (χ0v) is 21.6. The first-order valence-corrected chi connectivity index (χ1v) is 11.9. The van der Waals surface area contributed by atoms with Crippen LogP contribution in [0.4, 0.5) is 17.5 Å². The van der Waals surface area contributed by atoms with Gasteiger partial charge in [-0.1, -0.05) is 12.1 Å². The number of imidazole rings is 1. The van der Waals surface area contributed by atoms with Crippen LogP contribution in [0, 0.1) is 30.9 Å². The van der Waals surface area contributed by atoms with Crippen LogP contribution in [0.5, 0.6) is 11.8 Å². The molecule has 196 valence electrons. The van der Waals surface area contributed by atoms with Crippen LogP contribution in [0.15, 0.2) is 63.9 Å². The topological polar surface area (TPSA) is 163 Å². The normalized spacial score (nSPS) is 10.8. The summed E-state index contributed by atoms with van der Waals surface area (Å²) < 4.78 is 12.3. The molecule has 0 unspecified atom stereocenters. The number of benzene rings is 2. The number of nitrogens with one attached hydrogen (secondary N) is 2. The summed E-state index contributed by atoms with van der Waals surface area (Å²) in [5.74, 6) is 0.0281. The lowest BCUT2D eigenvalue weighted by Crippen LogP contribution is -2.21. The Kier molecular flexibility index (Phi) is 6.68. The highest BCUT2D eigenvalue weighted by Gasteiger charge is 2.24. The largest absolute Gasteiger partial charge is 0.424 e. The number of rotatable bonds is 6. The van der Waals surface area contributed by atoms with Gasteiger partial charge in [-0.15, -0.1) is 9.55 Å². The molecule has 0 aliphatic carbocycles. The monoisotopic (exact) mass is 544 g/mol. The fraction of sp³-hybridized carbons (Fsp3) is 0.120. The first-order valence-electron chi connectivity index (χ1n) is 11.5. The van der Waals surface area contributed by atoms with Crippen LogP contribution >= 0.6 is 12.2 Å². The number of aryl methyl sites for hydroxylation is 3. The highest BCUT2D eigenvalue weighted by molar-refractivity contribution is 7.80. The Hall–Kier alpha value is -5.24. The molecule has 14 heteroatoms. The molecule has 0 aliphatic rings. The Morgan fingerprint density at radius 3 is 2.67 bits per heavy atom. The van der Waals surface area contributed by atoms with Crippen LogP contribution < -0.4 is 21.0 Å². The van der Waals surface area contributed by atoms with Gasteiger partial charge in [0, 0.05) is 30.1 Å². The summed E-state index contributed by atoms with van der Waals surface area (Å²) in [5, 5.41) is 18.4. The quantitative estimate of drug-likeness (QED) is 0.132. The maximum absolute atomic E-state index is 11.8. The molecule has 3 aromatic heterocycles. The van der Waals surface area contributed by atoms with E-state index in [1.54, 1.807) is 26.0 Å². The van der Waals surface area contributed by atoms with E-state index in [-0.39, 0.29) is 40.4 Å². The van der Waals surface area contributed by atoms with Crippen molar-refractivity contribution in [1.82, 2.24) is 24.5 Å². The third-order valence-electron chi connectivity index (χ3n) is 5.54. The minimum absolute atomic E-state index is 0.0364. The molecule has 5 rings (SSSR count). The minimum atomic E-state index is -0.602. The maximum atomic E-state index is 11.8. The van der Waals surface area contributed by atoms with Crippen molar-refractivity contribution in [3.63, 3.8) is 0 Å². The molecule has 3 heterocycles. The van der Waals surface area contributed by atoms with E-state index in [0.29, 0.717) is 5.58 Å². The van der Waals surface area contributed by atoms with Crippen molar-refractivity contribution in [3.8, 4) is 17.7 Å². The van der Waals surface area contributed by atoms with E-state index in [2.05, 4.69) is 30.6 Å². The summed E-state index contributed by atoms with van der Waals surface area (Å²) in [6.07, 6.45) is 1.10. The van der Waals surface area contributed by atoms with Crippen LogP contribution in [-0.4, -0.2) is 34.5 Å². The van der Waals surface area contributed by atoms with Crippen molar-refractivity contribution in [2.75, 3.05) is 10.6 Å². The molecule has 5 aromatic rings. The maximum Gasteiger partial charge on any atom is 0.350 e. The number of ether oxygens (including phenoxy) is 1. The highest BCUT2D eigenvalue weighted by atomic mass is 32.1. The van der Waals surface area contributed by atoms with E-state index in [1.807, 2.05) is 31.2 Å². The van der Waals surface area contributed by atoms with Gasteiger partial charge in [0.1, 0.15) is 17.5 Å². The lowest BCUT2D eigenvalue weighted by atomic mass is 10.1. The number of thiocarbonyl (C=S) groups is 1. The summed E-state index contributed by atoms with van der Waals surface area (Å²) in [4.78, 5) is 39.7. The molecule has 2 N–H and O–H groups in total. The fourth-order valence-corrected chi connectivity index (χ4v) is 4.03. The van der Waals surface area contributed by atoms with Gasteiger partial charge in [0.05, 0.1) is 0 Å². The van der Waals surface area contributed by atoms with Crippen LogP contribution in [0.1, 0.15) is 17.0 Å². The molecule has 0 aliphatic heterocycles. The van der Waals surface area contributed by atoms with Crippen molar-refractivity contribution in [3.05, 3.63) is 92.2 Å². The lowest BCUT2D eigenvalue weighted by molar-refractivity contribution is -0.391. The first kappa shape index (κ1) is 25.4. The SMILES string of the molecule is Cc1cccc(NC(=S)Nc2nc(Oc3ccc4c(C)cc(=O)oc4c3)nc(-n3c([N+](=O)[O-])cnc3C)n2)c1. The fourth-order valence-electron chi connectivity index (χ4n) is 3.82. The second-order valence-corrected chi connectivity index (χ2v) is 8.86. The minimum Gasteiger partial charge on any atom is -0.424 e. The predicted octanol–water partition coefficient (Wildman–Crippen LogP) is 4.60. The molecule has 2 aromatic carbocycles. The number of hydrogen-bond donors (Lipinski definition) is 2. The molecule has 0 saturated heterocycles. The molecular formula is C25H20N8O5S. The average Bonchev–Trinajstić information content (AvgIpc) is 3.25. The standard InChI is InChI=1S/C25H20N8O5S/c1-13-5-4-6-16(9-13)27-25(39)30-22-28-23(32-15(3)26-12-20(32)33(35)36)31-24(29-22)37-17-7-8-18-14(2)10-21(34)38-19(18)11-17/h4-12H,1-3H3,(H2,27,28,29,30,31,39).